The Morgan fingerprint density at radius 2 is 1.80 bits per heavy atom. The maximum absolute atomic E-state index is 12.5. The Morgan fingerprint density at radius 3 is 2.45 bits per heavy atom. The predicted molar refractivity (Wildman–Crippen MR) is 70.7 cm³/mol. The van der Waals surface area contributed by atoms with E-state index < -0.39 is 12.0 Å². The lowest BCUT2D eigenvalue weighted by atomic mass is 10.1. The first-order valence-electron chi connectivity index (χ1n) is 5.85. The zero-order chi connectivity index (χ0) is 14.6. The topological polar surface area (TPSA) is 37.8 Å². The molecule has 0 unspecified atom stereocenters. The molecular formula is C13H11ClF3N3. The average Bonchev–Trinajstić information content (AvgIpc) is 2.38. The monoisotopic (exact) mass is 301 g/mol. The van der Waals surface area contributed by atoms with Crippen molar-refractivity contribution in [3.8, 4) is 0 Å². The summed E-state index contributed by atoms with van der Waals surface area (Å²) >= 11 is 5.56. The zero-order valence-electron chi connectivity index (χ0n) is 10.3. The lowest BCUT2D eigenvalue weighted by Crippen LogP contribution is -2.14. The van der Waals surface area contributed by atoms with Gasteiger partial charge in [-0.1, -0.05) is 41.9 Å². The Bertz CT molecular complexity index is 573. The summed E-state index contributed by atoms with van der Waals surface area (Å²) in [6.07, 6.45) is -3.94. The predicted octanol–water partition coefficient (Wildman–Crippen LogP) is 3.80. The van der Waals surface area contributed by atoms with E-state index in [0.717, 1.165) is 5.56 Å². The number of benzene rings is 1. The van der Waals surface area contributed by atoms with Crippen LogP contribution in [0.5, 0.6) is 0 Å². The first kappa shape index (κ1) is 14.6. The number of halogens is 4. The second-order valence-corrected chi connectivity index (χ2v) is 4.45. The molecule has 20 heavy (non-hydrogen) atoms. The first-order chi connectivity index (χ1) is 9.45. The quantitative estimate of drug-likeness (QED) is 0.873. The summed E-state index contributed by atoms with van der Waals surface area (Å²) < 4.78 is 37.6. The molecule has 0 saturated carbocycles. The summed E-state index contributed by atoms with van der Waals surface area (Å²) in [5.74, 6) is -1.18. The highest BCUT2D eigenvalue weighted by molar-refractivity contribution is 6.29. The van der Waals surface area contributed by atoms with Crippen LogP contribution in [0.2, 0.25) is 5.15 Å². The van der Waals surface area contributed by atoms with Gasteiger partial charge < -0.3 is 5.32 Å². The Labute approximate surface area is 118 Å². The van der Waals surface area contributed by atoms with Crippen LogP contribution in [0, 0.1) is 0 Å². The number of hydrogen-bond donors (Lipinski definition) is 1. The van der Waals surface area contributed by atoms with Crippen molar-refractivity contribution in [2.45, 2.75) is 12.6 Å². The Morgan fingerprint density at radius 1 is 1.10 bits per heavy atom. The molecule has 0 spiro atoms. The van der Waals surface area contributed by atoms with E-state index in [1.165, 1.54) is 6.07 Å². The molecule has 2 aromatic rings. The SMILES string of the molecule is FC(F)(F)c1nc(Cl)cc(NCCc2ccccc2)n1. The van der Waals surface area contributed by atoms with Crippen LogP contribution in [-0.4, -0.2) is 16.5 Å². The van der Waals surface area contributed by atoms with Crippen molar-refractivity contribution in [1.82, 2.24) is 9.97 Å². The van der Waals surface area contributed by atoms with E-state index in [2.05, 4.69) is 15.3 Å². The highest BCUT2D eigenvalue weighted by Gasteiger charge is 2.35. The van der Waals surface area contributed by atoms with E-state index in [9.17, 15) is 13.2 Å². The molecule has 1 N–H and O–H groups in total. The number of hydrogen-bond acceptors (Lipinski definition) is 3. The van der Waals surface area contributed by atoms with Gasteiger partial charge in [0.25, 0.3) is 0 Å². The van der Waals surface area contributed by atoms with Gasteiger partial charge in [0.1, 0.15) is 11.0 Å². The van der Waals surface area contributed by atoms with Crippen molar-refractivity contribution in [2.24, 2.45) is 0 Å². The van der Waals surface area contributed by atoms with Crippen LogP contribution in [0.15, 0.2) is 36.4 Å². The molecule has 1 aromatic heterocycles. The molecule has 106 valence electrons. The second kappa shape index (κ2) is 6.09. The molecule has 0 saturated heterocycles. The van der Waals surface area contributed by atoms with Gasteiger partial charge in [-0.2, -0.15) is 13.2 Å². The third kappa shape index (κ3) is 4.09. The van der Waals surface area contributed by atoms with E-state index in [1.54, 1.807) is 0 Å². The summed E-state index contributed by atoms with van der Waals surface area (Å²) in [5, 5.41) is 2.57. The van der Waals surface area contributed by atoms with Crippen molar-refractivity contribution in [1.29, 1.82) is 0 Å². The van der Waals surface area contributed by atoms with Gasteiger partial charge in [0, 0.05) is 12.6 Å². The standard InChI is InChI=1S/C13H11ClF3N3/c14-10-8-11(20-12(19-10)13(15,16)17)18-7-6-9-4-2-1-3-5-9/h1-5,8H,6-7H2,(H,18,19,20). The molecule has 3 nitrogen and oxygen atoms in total. The number of alkyl halides is 3. The third-order valence-electron chi connectivity index (χ3n) is 2.51. The van der Waals surface area contributed by atoms with Gasteiger partial charge in [-0.3, -0.25) is 0 Å². The summed E-state index contributed by atoms with van der Waals surface area (Å²) in [5.41, 5.74) is 1.08. The first-order valence-corrected chi connectivity index (χ1v) is 6.22. The lowest BCUT2D eigenvalue weighted by molar-refractivity contribution is -0.144. The van der Waals surface area contributed by atoms with Crippen LogP contribution in [0.4, 0.5) is 19.0 Å². The van der Waals surface area contributed by atoms with Crippen LogP contribution in [0.25, 0.3) is 0 Å². The molecule has 1 heterocycles. The molecule has 7 heteroatoms. The summed E-state index contributed by atoms with van der Waals surface area (Å²) in [6, 6.07) is 10.8. The minimum absolute atomic E-state index is 0.0632. The number of nitrogens with zero attached hydrogens (tertiary/aromatic N) is 2. The van der Waals surface area contributed by atoms with Crippen LogP contribution >= 0.6 is 11.6 Å². The molecule has 0 aliphatic rings. The maximum atomic E-state index is 12.5. The molecule has 2 rings (SSSR count). The molecule has 0 fully saturated rings. The molecule has 0 atom stereocenters. The number of anilines is 1. The fourth-order valence-electron chi connectivity index (χ4n) is 1.61. The van der Waals surface area contributed by atoms with E-state index in [4.69, 9.17) is 11.6 Å². The number of nitrogens with one attached hydrogen (secondary N) is 1. The molecule has 0 aliphatic heterocycles. The molecule has 0 bridgehead atoms. The van der Waals surface area contributed by atoms with Gasteiger partial charge in [-0.25, -0.2) is 9.97 Å². The Kier molecular flexibility index (Phi) is 4.44. The largest absolute Gasteiger partial charge is 0.451 e. The second-order valence-electron chi connectivity index (χ2n) is 4.06. The van der Waals surface area contributed by atoms with E-state index >= 15 is 0 Å². The number of rotatable bonds is 4. The van der Waals surface area contributed by atoms with Gasteiger partial charge in [0.2, 0.25) is 5.82 Å². The maximum Gasteiger partial charge on any atom is 0.451 e. The fraction of sp³-hybridized carbons (Fsp3) is 0.231. The van der Waals surface area contributed by atoms with Gasteiger partial charge >= 0.3 is 6.18 Å². The highest BCUT2D eigenvalue weighted by Crippen LogP contribution is 2.28. The van der Waals surface area contributed by atoms with Gasteiger partial charge in [-0.15, -0.1) is 0 Å². The van der Waals surface area contributed by atoms with Crippen molar-refractivity contribution < 1.29 is 13.2 Å². The summed E-state index contributed by atoms with van der Waals surface area (Å²) in [4.78, 5) is 6.57. The Hall–Kier alpha value is -1.82. The average molecular weight is 302 g/mol. The zero-order valence-corrected chi connectivity index (χ0v) is 11.0. The molecule has 1 aromatic carbocycles. The van der Waals surface area contributed by atoms with E-state index in [0.29, 0.717) is 13.0 Å². The minimum atomic E-state index is -4.61. The fourth-order valence-corrected chi connectivity index (χ4v) is 1.80. The molecule has 0 amide bonds. The molecule has 0 radical (unpaired) electrons. The number of aromatic nitrogens is 2. The molecular weight excluding hydrogens is 291 g/mol. The Balaban J connectivity index is 2.01. The van der Waals surface area contributed by atoms with Crippen molar-refractivity contribution in [2.75, 3.05) is 11.9 Å². The normalized spacial score (nSPS) is 11.4. The van der Waals surface area contributed by atoms with Crippen molar-refractivity contribution in [3.05, 3.63) is 52.9 Å². The van der Waals surface area contributed by atoms with Crippen molar-refractivity contribution >= 4 is 17.4 Å². The highest BCUT2D eigenvalue weighted by atomic mass is 35.5. The molecule has 0 aliphatic carbocycles. The van der Waals surface area contributed by atoms with E-state index in [-0.39, 0.29) is 11.0 Å². The van der Waals surface area contributed by atoms with Crippen LogP contribution in [0.1, 0.15) is 11.4 Å². The van der Waals surface area contributed by atoms with Gasteiger partial charge in [0.15, 0.2) is 0 Å². The smallest absolute Gasteiger partial charge is 0.370 e. The van der Waals surface area contributed by atoms with Gasteiger partial charge in [-0.05, 0) is 12.0 Å². The summed E-state index contributed by atoms with van der Waals surface area (Å²) in [7, 11) is 0. The van der Waals surface area contributed by atoms with E-state index in [1.807, 2.05) is 30.3 Å². The van der Waals surface area contributed by atoms with Crippen molar-refractivity contribution in [3.63, 3.8) is 0 Å². The van der Waals surface area contributed by atoms with Crippen LogP contribution in [-0.2, 0) is 12.6 Å². The minimum Gasteiger partial charge on any atom is -0.370 e. The summed E-state index contributed by atoms with van der Waals surface area (Å²) in [6.45, 7) is 0.453. The lowest BCUT2D eigenvalue weighted by Gasteiger charge is -2.09. The van der Waals surface area contributed by atoms with Crippen LogP contribution < -0.4 is 5.32 Å². The van der Waals surface area contributed by atoms with Gasteiger partial charge in [0.05, 0.1) is 0 Å². The van der Waals surface area contributed by atoms with Crippen LogP contribution in [0.3, 0.4) is 0 Å². The third-order valence-corrected chi connectivity index (χ3v) is 2.70.